The van der Waals surface area contributed by atoms with Crippen LogP contribution in [0.4, 0.5) is 0 Å². The van der Waals surface area contributed by atoms with Gasteiger partial charge in [0.25, 0.3) is 0 Å². The molecule has 0 radical (unpaired) electrons. The second kappa shape index (κ2) is 4.24. The lowest BCUT2D eigenvalue weighted by Crippen LogP contribution is -1.98. The quantitative estimate of drug-likeness (QED) is 0.708. The minimum absolute atomic E-state index is 0.900. The van der Waals surface area contributed by atoms with E-state index in [1.165, 1.54) is 0 Å². The zero-order chi connectivity index (χ0) is 10.0. The number of aryl methyl sites for hydroxylation is 1. The van der Waals surface area contributed by atoms with Gasteiger partial charge in [0.05, 0.1) is 10.8 Å². The number of aromatic nitrogens is 1. The minimum Gasteiger partial charge on any atom is -0.255 e. The SMILES string of the molecule is CSc1nc(C)cc(S(C)=O)c1C. The molecule has 1 unspecified atom stereocenters. The molecule has 1 atom stereocenters. The first kappa shape index (κ1) is 10.7. The van der Waals surface area contributed by atoms with Crippen LogP contribution < -0.4 is 0 Å². The smallest absolute Gasteiger partial charge is 0.100 e. The maximum atomic E-state index is 11.4. The van der Waals surface area contributed by atoms with Crippen LogP contribution in [0.25, 0.3) is 0 Å². The molecule has 0 saturated carbocycles. The van der Waals surface area contributed by atoms with E-state index < -0.39 is 10.8 Å². The van der Waals surface area contributed by atoms with E-state index in [0.29, 0.717) is 0 Å². The molecule has 0 saturated heterocycles. The molecule has 0 N–H and O–H groups in total. The van der Waals surface area contributed by atoms with Crippen molar-refractivity contribution in [2.24, 2.45) is 0 Å². The Balaban J connectivity index is 3.35. The Kier molecular flexibility index (Phi) is 3.50. The van der Waals surface area contributed by atoms with Crippen LogP contribution >= 0.6 is 11.8 Å². The summed E-state index contributed by atoms with van der Waals surface area (Å²) in [6, 6.07) is 1.89. The Morgan fingerprint density at radius 3 is 2.54 bits per heavy atom. The van der Waals surface area contributed by atoms with E-state index in [2.05, 4.69) is 4.98 Å². The largest absolute Gasteiger partial charge is 0.255 e. The molecule has 0 fully saturated rings. The van der Waals surface area contributed by atoms with E-state index in [1.54, 1.807) is 18.0 Å². The van der Waals surface area contributed by atoms with Gasteiger partial charge < -0.3 is 0 Å². The first-order valence-corrected chi connectivity index (χ1v) is 6.70. The van der Waals surface area contributed by atoms with E-state index >= 15 is 0 Å². The monoisotopic (exact) mass is 215 g/mol. The van der Waals surface area contributed by atoms with Gasteiger partial charge in [0.2, 0.25) is 0 Å². The van der Waals surface area contributed by atoms with Gasteiger partial charge in [-0.1, -0.05) is 0 Å². The summed E-state index contributed by atoms with van der Waals surface area (Å²) in [5.41, 5.74) is 1.97. The van der Waals surface area contributed by atoms with Gasteiger partial charge in [0.15, 0.2) is 0 Å². The van der Waals surface area contributed by atoms with Crippen molar-refractivity contribution < 1.29 is 4.21 Å². The van der Waals surface area contributed by atoms with E-state index in [9.17, 15) is 4.21 Å². The van der Waals surface area contributed by atoms with Gasteiger partial charge in [0.1, 0.15) is 5.03 Å². The van der Waals surface area contributed by atoms with Gasteiger partial charge in [-0.3, -0.25) is 4.21 Å². The number of nitrogens with zero attached hydrogens (tertiary/aromatic N) is 1. The molecule has 1 rings (SSSR count). The molecule has 0 aliphatic rings. The van der Waals surface area contributed by atoms with Gasteiger partial charge in [-0.25, -0.2) is 4.98 Å². The molecular weight excluding hydrogens is 202 g/mol. The highest BCUT2D eigenvalue weighted by Crippen LogP contribution is 2.23. The summed E-state index contributed by atoms with van der Waals surface area (Å²) in [5.74, 6) is 0. The van der Waals surface area contributed by atoms with Crippen molar-refractivity contribution >= 4 is 22.6 Å². The standard InChI is InChI=1S/C9H13NOS2/c1-6-5-8(13(4)11)7(2)9(10-6)12-3/h5H,1-4H3. The van der Waals surface area contributed by atoms with Crippen LogP contribution in [0.2, 0.25) is 0 Å². The van der Waals surface area contributed by atoms with E-state index in [4.69, 9.17) is 0 Å². The van der Waals surface area contributed by atoms with Crippen molar-refractivity contribution in [2.45, 2.75) is 23.8 Å². The van der Waals surface area contributed by atoms with Crippen LogP contribution in [0.1, 0.15) is 11.3 Å². The predicted octanol–water partition coefficient (Wildman–Crippen LogP) is 2.16. The second-order valence-corrected chi connectivity index (χ2v) is 4.99. The summed E-state index contributed by atoms with van der Waals surface area (Å²) in [6.07, 6.45) is 3.68. The van der Waals surface area contributed by atoms with Crippen LogP contribution in [0.3, 0.4) is 0 Å². The third-order valence-corrected chi connectivity index (χ3v) is 3.64. The van der Waals surface area contributed by atoms with Crippen LogP contribution in [-0.2, 0) is 10.8 Å². The Hall–Kier alpha value is -0.350. The number of hydrogen-bond donors (Lipinski definition) is 0. The van der Waals surface area contributed by atoms with E-state index in [1.807, 2.05) is 26.2 Å². The lowest BCUT2D eigenvalue weighted by molar-refractivity contribution is 0.685. The summed E-state index contributed by atoms with van der Waals surface area (Å²) in [6.45, 7) is 3.89. The summed E-state index contributed by atoms with van der Waals surface area (Å²) < 4.78 is 11.4. The lowest BCUT2D eigenvalue weighted by atomic mass is 10.3. The van der Waals surface area contributed by atoms with E-state index in [-0.39, 0.29) is 0 Å². The molecule has 0 aliphatic heterocycles. The normalized spacial score (nSPS) is 12.9. The fourth-order valence-corrected chi connectivity index (χ4v) is 2.76. The number of pyridine rings is 1. The first-order chi connectivity index (χ1) is 6.06. The molecule has 0 aromatic carbocycles. The highest BCUT2D eigenvalue weighted by atomic mass is 32.2. The topological polar surface area (TPSA) is 30.0 Å². The minimum atomic E-state index is -0.916. The Morgan fingerprint density at radius 1 is 1.46 bits per heavy atom. The first-order valence-electron chi connectivity index (χ1n) is 3.92. The number of hydrogen-bond acceptors (Lipinski definition) is 3. The van der Waals surface area contributed by atoms with Gasteiger partial charge in [0, 0.05) is 16.8 Å². The molecule has 1 aromatic heterocycles. The molecule has 72 valence electrons. The third-order valence-electron chi connectivity index (χ3n) is 1.81. The Labute approximate surface area is 85.6 Å². The molecule has 0 spiro atoms. The van der Waals surface area contributed by atoms with Gasteiger partial charge in [-0.15, -0.1) is 11.8 Å². The molecule has 13 heavy (non-hydrogen) atoms. The van der Waals surface area contributed by atoms with Gasteiger partial charge in [-0.05, 0) is 31.7 Å². The molecule has 0 aliphatic carbocycles. The fourth-order valence-electron chi connectivity index (χ4n) is 1.18. The molecule has 0 bridgehead atoms. The van der Waals surface area contributed by atoms with Crippen LogP contribution in [0.5, 0.6) is 0 Å². The van der Waals surface area contributed by atoms with Crippen molar-refractivity contribution in [2.75, 3.05) is 12.5 Å². The zero-order valence-corrected chi connectivity index (χ0v) is 9.88. The Bertz CT molecular complexity index is 350. The highest BCUT2D eigenvalue weighted by Gasteiger charge is 2.08. The van der Waals surface area contributed by atoms with Crippen molar-refractivity contribution in [1.29, 1.82) is 0 Å². The molecule has 0 amide bonds. The van der Waals surface area contributed by atoms with Crippen molar-refractivity contribution in [1.82, 2.24) is 4.98 Å². The van der Waals surface area contributed by atoms with Crippen molar-refractivity contribution in [3.8, 4) is 0 Å². The number of thioether (sulfide) groups is 1. The third kappa shape index (κ3) is 2.31. The average molecular weight is 215 g/mol. The van der Waals surface area contributed by atoms with Crippen molar-refractivity contribution in [3.63, 3.8) is 0 Å². The molecular formula is C9H13NOS2. The average Bonchev–Trinajstić information content (AvgIpc) is 2.08. The maximum absolute atomic E-state index is 11.4. The predicted molar refractivity (Wildman–Crippen MR) is 57.8 cm³/mol. The van der Waals surface area contributed by atoms with Crippen LogP contribution in [0.15, 0.2) is 16.0 Å². The highest BCUT2D eigenvalue weighted by molar-refractivity contribution is 7.98. The fraction of sp³-hybridized carbons (Fsp3) is 0.444. The molecule has 1 aromatic rings. The van der Waals surface area contributed by atoms with Gasteiger partial charge >= 0.3 is 0 Å². The molecule has 4 heteroatoms. The summed E-state index contributed by atoms with van der Waals surface area (Å²) >= 11 is 1.60. The van der Waals surface area contributed by atoms with Crippen LogP contribution in [-0.4, -0.2) is 21.7 Å². The van der Waals surface area contributed by atoms with Crippen molar-refractivity contribution in [3.05, 3.63) is 17.3 Å². The Morgan fingerprint density at radius 2 is 2.08 bits per heavy atom. The molecule has 2 nitrogen and oxygen atoms in total. The zero-order valence-electron chi connectivity index (χ0n) is 8.25. The lowest BCUT2D eigenvalue weighted by Gasteiger charge is -2.07. The van der Waals surface area contributed by atoms with E-state index in [0.717, 1.165) is 21.2 Å². The van der Waals surface area contributed by atoms with Gasteiger partial charge in [-0.2, -0.15) is 0 Å². The molecule has 1 heterocycles. The number of rotatable bonds is 2. The summed E-state index contributed by atoms with van der Waals surface area (Å²) in [5, 5.41) is 0.977. The summed E-state index contributed by atoms with van der Waals surface area (Å²) in [7, 11) is -0.916. The maximum Gasteiger partial charge on any atom is 0.100 e. The van der Waals surface area contributed by atoms with Crippen LogP contribution in [0, 0.1) is 13.8 Å². The second-order valence-electron chi connectivity index (χ2n) is 2.85. The summed E-state index contributed by atoms with van der Waals surface area (Å²) in [4.78, 5) is 5.26.